The Hall–Kier alpha value is -0.350. The maximum absolute atomic E-state index is 5.67. The van der Waals surface area contributed by atoms with Crippen molar-refractivity contribution in [3.63, 3.8) is 0 Å². The summed E-state index contributed by atoms with van der Waals surface area (Å²) < 4.78 is 8.69. The summed E-state index contributed by atoms with van der Waals surface area (Å²) in [5.74, 6) is 0.607. The summed E-state index contributed by atoms with van der Waals surface area (Å²) >= 11 is 3.52. The number of hydrogen-bond acceptors (Lipinski definition) is 2. The van der Waals surface area contributed by atoms with Gasteiger partial charge in [-0.1, -0.05) is 20.8 Å². The van der Waals surface area contributed by atoms with Crippen molar-refractivity contribution >= 4 is 15.9 Å². The Morgan fingerprint density at radius 1 is 1.44 bits per heavy atom. The Labute approximate surface area is 106 Å². The Morgan fingerprint density at radius 2 is 2.12 bits per heavy atom. The van der Waals surface area contributed by atoms with Gasteiger partial charge in [-0.25, -0.2) is 0 Å². The lowest BCUT2D eigenvalue weighted by Crippen LogP contribution is -2.08. The van der Waals surface area contributed by atoms with Crippen LogP contribution in [0, 0.1) is 5.92 Å². The van der Waals surface area contributed by atoms with Crippen molar-refractivity contribution in [2.45, 2.75) is 53.4 Å². The molecule has 0 unspecified atom stereocenters. The molecule has 0 aliphatic heterocycles. The first-order chi connectivity index (χ1) is 7.52. The van der Waals surface area contributed by atoms with Crippen LogP contribution in [-0.4, -0.2) is 15.9 Å². The second-order valence-electron chi connectivity index (χ2n) is 4.57. The van der Waals surface area contributed by atoms with Gasteiger partial charge in [-0.15, -0.1) is 0 Å². The summed E-state index contributed by atoms with van der Waals surface area (Å²) in [6, 6.07) is 0. The van der Waals surface area contributed by atoms with E-state index >= 15 is 0 Å². The zero-order valence-corrected chi connectivity index (χ0v) is 12.1. The number of aromatic nitrogens is 2. The number of nitrogens with zero attached hydrogens (tertiary/aromatic N) is 2. The molecule has 0 fully saturated rings. The van der Waals surface area contributed by atoms with E-state index in [4.69, 9.17) is 4.74 Å². The monoisotopic (exact) mass is 288 g/mol. The molecule has 0 saturated heterocycles. The van der Waals surface area contributed by atoms with Crippen LogP contribution in [0.4, 0.5) is 0 Å². The first-order valence-corrected chi connectivity index (χ1v) is 6.65. The van der Waals surface area contributed by atoms with Gasteiger partial charge in [0.05, 0.1) is 17.2 Å². The molecule has 16 heavy (non-hydrogen) atoms. The fourth-order valence-corrected chi connectivity index (χ4v) is 1.77. The molecule has 0 aliphatic rings. The van der Waals surface area contributed by atoms with Gasteiger partial charge in [0.1, 0.15) is 5.69 Å². The van der Waals surface area contributed by atoms with Gasteiger partial charge >= 0.3 is 0 Å². The van der Waals surface area contributed by atoms with Gasteiger partial charge in [-0.3, -0.25) is 4.68 Å². The quantitative estimate of drug-likeness (QED) is 0.799. The fraction of sp³-hybridized carbons (Fsp3) is 0.750. The summed E-state index contributed by atoms with van der Waals surface area (Å²) in [6.07, 6.45) is 3.35. The Bertz CT molecular complexity index is 323. The van der Waals surface area contributed by atoms with Crippen LogP contribution in [0.1, 0.15) is 39.8 Å². The SMILES string of the molecule is CC[C@H](C)OCc1nn(CC(C)C)cc1Br. The Balaban J connectivity index is 2.56. The third kappa shape index (κ3) is 4.26. The Kier molecular flexibility index (Phi) is 5.49. The van der Waals surface area contributed by atoms with Crippen LogP contribution in [-0.2, 0) is 17.9 Å². The highest BCUT2D eigenvalue weighted by Crippen LogP contribution is 2.17. The highest BCUT2D eigenvalue weighted by Gasteiger charge is 2.09. The zero-order valence-electron chi connectivity index (χ0n) is 10.5. The molecule has 0 saturated carbocycles. The lowest BCUT2D eigenvalue weighted by atomic mass is 10.2. The second kappa shape index (κ2) is 6.40. The predicted molar refractivity (Wildman–Crippen MR) is 69.3 cm³/mol. The summed E-state index contributed by atoms with van der Waals surface area (Å²) in [5, 5.41) is 4.50. The maximum Gasteiger partial charge on any atom is 0.102 e. The molecular weight excluding hydrogens is 268 g/mol. The third-order valence-corrected chi connectivity index (χ3v) is 3.08. The van der Waals surface area contributed by atoms with Gasteiger partial charge in [-0.05, 0) is 35.2 Å². The van der Waals surface area contributed by atoms with Crippen LogP contribution in [0.25, 0.3) is 0 Å². The van der Waals surface area contributed by atoms with E-state index < -0.39 is 0 Å². The molecule has 4 heteroatoms. The highest BCUT2D eigenvalue weighted by atomic mass is 79.9. The first-order valence-electron chi connectivity index (χ1n) is 5.86. The molecule has 3 nitrogen and oxygen atoms in total. The summed E-state index contributed by atoms with van der Waals surface area (Å²) in [4.78, 5) is 0. The molecule has 0 amide bonds. The van der Waals surface area contributed by atoms with Crippen molar-refractivity contribution in [1.82, 2.24) is 9.78 Å². The molecule has 1 rings (SSSR count). The average molecular weight is 289 g/mol. The lowest BCUT2D eigenvalue weighted by molar-refractivity contribution is 0.0482. The molecule has 1 aromatic heterocycles. The van der Waals surface area contributed by atoms with E-state index in [0.717, 1.165) is 23.1 Å². The van der Waals surface area contributed by atoms with Gasteiger partial charge in [0.15, 0.2) is 0 Å². The van der Waals surface area contributed by atoms with Crippen molar-refractivity contribution in [3.8, 4) is 0 Å². The van der Waals surface area contributed by atoms with E-state index in [-0.39, 0.29) is 0 Å². The number of rotatable bonds is 6. The highest BCUT2D eigenvalue weighted by molar-refractivity contribution is 9.10. The van der Waals surface area contributed by atoms with Crippen molar-refractivity contribution in [2.24, 2.45) is 5.92 Å². The Morgan fingerprint density at radius 3 is 2.69 bits per heavy atom. The van der Waals surface area contributed by atoms with Crippen LogP contribution < -0.4 is 0 Å². The van der Waals surface area contributed by atoms with Crippen molar-refractivity contribution in [3.05, 3.63) is 16.4 Å². The largest absolute Gasteiger partial charge is 0.372 e. The zero-order chi connectivity index (χ0) is 12.1. The summed E-state index contributed by atoms with van der Waals surface area (Å²) in [6.45, 7) is 10.1. The molecule has 1 atom stereocenters. The molecule has 0 spiro atoms. The van der Waals surface area contributed by atoms with Crippen LogP contribution in [0.2, 0.25) is 0 Å². The van der Waals surface area contributed by atoms with Gasteiger partial charge in [0.25, 0.3) is 0 Å². The number of ether oxygens (including phenoxy) is 1. The van der Waals surface area contributed by atoms with Crippen LogP contribution in [0.3, 0.4) is 0 Å². The van der Waals surface area contributed by atoms with Gasteiger partial charge in [0.2, 0.25) is 0 Å². The van der Waals surface area contributed by atoms with Crippen LogP contribution in [0.5, 0.6) is 0 Å². The van der Waals surface area contributed by atoms with E-state index in [9.17, 15) is 0 Å². The molecule has 0 radical (unpaired) electrons. The van der Waals surface area contributed by atoms with Crippen molar-refractivity contribution < 1.29 is 4.74 Å². The average Bonchev–Trinajstić information content (AvgIpc) is 2.54. The van der Waals surface area contributed by atoms with Gasteiger partial charge < -0.3 is 4.74 Å². The van der Waals surface area contributed by atoms with E-state index in [1.165, 1.54) is 0 Å². The topological polar surface area (TPSA) is 27.1 Å². The minimum absolute atomic E-state index is 0.294. The summed E-state index contributed by atoms with van der Waals surface area (Å²) in [5.41, 5.74) is 0.987. The third-order valence-electron chi connectivity index (χ3n) is 2.42. The second-order valence-corrected chi connectivity index (χ2v) is 5.42. The van der Waals surface area contributed by atoms with E-state index in [0.29, 0.717) is 18.6 Å². The number of hydrogen-bond donors (Lipinski definition) is 0. The maximum atomic E-state index is 5.67. The number of halogens is 1. The molecule has 1 heterocycles. The molecule has 0 aliphatic carbocycles. The lowest BCUT2D eigenvalue weighted by Gasteiger charge is -2.09. The fourth-order valence-electron chi connectivity index (χ4n) is 1.34. The first kappa shape index (κ1) is 13.7. The molecule has 92 valence electrons. The minimum Gasteiger partial charge on any atom is -0.372 e. The van der Waals surface area contributed by atoms with Gasteiger partial charge in [0, 0.05) is 12.7 Å². The van der Waals surface area contributed by atoms with Crippen LogP contribution in [0.15, 0.2) is 10.7 Å². The molecule has 0 N–H and O–H groups in total. The standard InChI is InChI=1S/C12H21BrN2O/c1-5-10(4)16-8-12-11(13)7-15(14-12)6-9(2)3/h7,9-10H,5-6,8H2,1-4H3/t10-/m0/s1. The molecular formula is C12H21BrN2O. The molecule has 0 bridgehead atoms. The van der Waals surface area contributed by atoms with Gasteiger partial charge in [-0.2, -0.15) is 5.10 Å². The molecule has 0 aromatic carbocycles. The minimum atomic E-state index is 0.294. The van der Waals surface area contributed by atoms with Crippen LogP contribution >= 0.6 is 15.9 Å². The smallest absolute Gasteiger partial charge is 0.102 e. The van der Waals surface area contributed by atoms with Crippen molar-refractivity contribution in [1.29, 1.82) is 0 Å². The van der Waals surface area contributed by atoms with E-state index in [1.807, 2.05) is 10.9 Å². The normalized spacial score (nSPS) is 13.4. The molecule has 1 aromatic rings. The predicted octanol–water partition coefficient (Wildman–Crippen LogP) is 3.62. The summed E-state index contributed by atoms with van der Waals surface area (Å²) in [7, 11) is 0. The van der Waals surface area contributed by atoms with E-state index in [2.05, 4.69) is 48.7 Å². The van der Waals surface area contributed by atoms with Crippen molar-refractivity contribution in [2.75, 3.05) is 0 Å². The van der Waals surface area contributed by atoms with E-state index in [1.54, 1.807) is 0 Å².